The molecule has 0 aliphatic heterocycles. The average Bonchev–Trinajstić information content (AvgIpc) is 2.56. The zero-order valence-corrected chi connectivity index (χ0v) is 17.2. The number of quaternary nitrogens is 1. The molecule has 1 aromatic rings. The summed E-state index contributed by atoms with van der Waals surface area (Å²) in [5, 5.41) is 4.72. The number of nitrogens with zero attached hydrogens (tertiary/aromatic N) is 1. The Labute approximate surface area is 159 Å². The van der Waals surface area contributed by atoms with E-state index in [0.29, 0.717) is 6.04 Å². The number of hydrogen-bond acceptors (Lipinski definition) is 3. The van der Waals surface area contributed by atoms with Crippen molar-refractivity contribution in [2.75, 3.05) is 20.6 Å². The molecule has 0 saturated heterocycles. The van der Waals surface area contributed by atoms with Crippen LogP contribution in [0.25, 0.3) is 0 Å². The van der Waals surface area contributed by atoms with E-state index in [1.54, 1.807) is 0 Å². The van der Waals surface area contributed by atoms with Crippen LogP contribution in [-0.4, -0.2) is 39.6 Å². The number of likely N-dealkylation sites (N-methyl/N-ethyl adjacent to an activating group) is 1. The van der Waals surface area contributed by atoms with Gasteiger partial charge in [0.05, 0.1) is 26.7 Å². The molecular weight excluding hydrogens is 348 g/mol. The summed E-state index contributed by atoms with van der Waals surface area (Å²) in [6.07, 6.45) is 7.88. The van der Waals surface area contributed by atoms with Crippen LogP contribution in [0.5, 0.6) is 0 Å². The van der Waals surface area contributed by atoms with Crippen LogP contribution in [0.3, 0.4) is 0 Å². The van der Waals surface area contributed by atoms with Gasteiger partial charge in [-0.05, 0) is 18.9 Å². The standard InChI is InChI=1S/C14H22N.C6H13NO3S/c1-5-12-15(3,4)14(6-2)13-10-8-7-9-11-13;7-11(8,9)10-6-4-2-1-3-5-6/h5,7-11,14H,1,6,12H2,2-4H3;6H,1-5H2,(H2,7,8,9)/q+1;. The highest BCUT2D eigenvalue weighted by Crippen LogP contribution is 2.27. The highest BCUT2D eigenvalue weighted by atomic mass is 32.2. The molecule has 0 bridgehead atoms. The van der Waals surface area contributed by atoms with E-state index in [1.807, 2.05) is 6.08 Å². The van der Waals surface area contributed by atoms with Gasteiger partial charge in [0.25, 0.3) is 0 Å². The Hall–Kier alpha value is -1.21. The molecule has 2 rings (SSSR count). The summed E-state index contributed by atoms with van der Waals surface area (Å²) in [6, 6.07) is 11.3. The molecule has 1 saturated carbocycles. The first kappa shape index (κ1) is 22.8. The van der Waals surface area contributed by atoms with Gasteiger partial charge in [-0.15, -0.1) is 0 Å². The third kappa shape index (κ3) is 8.45. The quantitative estimate of drug-likeness (QED) is 0.573. The molecule has 0 aromatic heterocycles. The highest BCUT2D eigenvalue weighted by molar-refractivity contribution is 7.84. The molecule has 26 heavy (non-hydrogen) atoms. The third-order valence-corrected chi connectivity index (χ3v) is 5.38. The second-order valence-corrected chi connectivity index (χ2v) is 8.61. The first-order valence-electron chi connectivity index (χ1n) is 9.39. The van der Waals surface area contributed by atoms with Crippen LogP contribution in [0.15, 0.2) is 43.0 Å². The van der Waals surface area contributed by atoms with Crippen molar-refractivity contribution in [1.29, 1.82) is 0 Å². The summed E-state index contributed by atoms with van der Waals surface area (Å²) in [5.41, 5.74) is 1.42. The summed E-state index contributed by atoms with van der Waals surface area (Å²) in [5.74, 6) is 0. The molecule has 2 N–H and O–H groups in total. The maximum absolute atomic E-state index is 10.5. The second kappa shape index (κ2) is 10.8. The maximum atomic E-state index is 10.5. The molecule has 5 nitrogen and oxygen atoms in total. The van der Waals surface area contributed by atoms with Crippen molar-refractivity contribution in [2.45, 2.75) is 57.6 Å². The summed E-state index contributed by atoms with van der Waals surface area (Å²) in [7, 11) is 0.810. The Morgan fingerprint density at radius 2 is 1.81 bits per heavy atom. The maximum Gasteiger partial charge on any atom is 0.333 e. The van der Waals surface area contributed by atoms with E-state index >= 15 is 0 Å². The van der Waals surface area contributed by atoms with Crippen LogP contribution < -0.4 is 5.14 Å². The van der Waals surface area contributed by atoms with Crippen molar-refractivity contribution in [3.63, 3.8) is 0 Å². The minimum Gasteiger partial charge on any atom is -0.319 e. The third-order valence-electron chi connectivity index (χ3n) is 4.84. The lowest BCUT2D eigenvalue weighted by molar-refractivity contribution is -0.915. The predicted octanol–water partition coefficient (Wildman–Crippen LogP) is 3.94. The molecule has 1 aromatic carbocycles. The number of hydrogen-bond donors (Lipinski definition) is 1. The molecule has 6 heteroatoms. The van der Waals surface area contributed by atoms with Gasteiger partial charge < -0.3 is 4.48 Å². The Kier molecular flexibility index (Phi) is 9.50. The number of benzene rings is 1. The van der Waals surface area contributed by atoms with E-state index in [4.69, 9.17) is 5.14 Å². The summed E-state index contributed by atoms with van der Waals surface area (Å²) >= 11 is 0. The van der Waals surface area contributed by atoms with E-state index in [-0.39, 0.29) is 6.10 Å². The Morgan fingerprint density at radius 3 is 2.27 bits per heavy atom. The number of rotatable bonds is 7. The highest BCUT2D eigenvalue weighted by Gasteiger charge is 2.26. The predicted molar refractivity (Wildman–Crippen MR) is 108 cm³/mol. The number of nitrogens with two attached hydrogens (primary N) is 1. The summed E-state index contributed by atoms with van der Waals surface area (Å²) in [6.45, 7) is 7.10. The smallest absolute Gasteiger partial charge is 0.319 e. The Balaban J connectivity index is 0.000000273. The van der Waals surface area contributed by atoms with Gasteiger partial charge >= 0.3 is 10.3 Å². The van der Waals surface area contributed by atoms with Crippen LogP contribution in [0, 0.1) is 0 Å². The average molecular weight is 384 g/mol. The summed E-state index contributed by atoms with van der Waals surface area (Å²) < 4.78 is 26.5. The van der Waals surface area contributed by atoms with Crippen LogP contribution in [-0.2, 0) is 14.5 Å². The molecule has 1 atom stereocenters. The molecule has 0 heterocycles. The monoisotopic (exact) mass is 383 g/mol. The van der Waals surface area contributed by atoms with Crippen molar-refractivity contribution in [3.8, 4) is 0 Å². The fourth-order valence-electron chi connectivity index (χ4n) is 3.62. The topological polar surface area (TPSA) is 69.4 Å². The second-order valence-electron chi connectivity index (χ2n) is 7.43. The van der Waals surface area contributed by atoms with Crippen LogP contribution >= 0.6 is 0 Å². The first-order chi connectivity index (χ1) is 12.2. The molecular formula is C20H35N2O3S+. The Bertz CT molecular complexity index is 624. The minimum atomic E-state index is -3.72. The van der Waals surface area contributed by atoms with Gasteiger partial charge in [0.15, 0.2) is 0 Å². The Morgan fingerprint density at radius 1 is 1.23 bits per heavy atom. The van der Waals surface area contributed by atoms with Gasteiger partial charge in [-0.3, -0.25) is 4.18 Å². The normalized spacial score (nSPS) is 17.1. The van der Waals surface area contributed by atoms with Gasteiger partial charge in [-0.25, -0.2) is 5.14 Å². The van der Waals surface area contributed by atoms with Crippen molar-refractivity contribution in [2.24, 2.45) is 5.14 Å². The fourth-order valence-corrected chi connectivity index (χ4v) is 4.19. The van der Waals surface area contributed by atoms with E-state index < -0.39 is 10.3 Å². The molecule has 0 radical (unpaired) electrons. The molecule has 148 valence electrons. The van der Waals surface area contributed by atoms with Crippen molar-refractivity contribution in [3.05, 3.63) is 48.6 Å². The van der Waals surface area contributed by atoms with E-state index in [2.05, 4.69) is 62.1 Å². The van der Waals surface area contributed by atoms with Crippen molar-refractivity contribution < 1.29 is 17.1 Å². The van der Waals surface area contributed by atoms with Gasteiger partial charge in [0.1, 0.15) is 6.04 Å². The molecule has 0 amide bonds. The zero-order valence-electron chi connectivity index (χ0n) is 16.4. The minimum absolute atomic E-state index is 0.168. The van der Waals surface area contributed by atoms with Gasteiger partial charge in [-0.2, -0.15) is 8.42 Å². The van der Waals surface area contributed by atoms with Crippen molar-refractivity contribution in [1.82, 2.24) is 0 Å². The van der Waals surface area contributed by atoms with Crippen molar-refractivity contribution >= 4 is 10.3 Å². The fraction of sp³-hybridized carbons (Fsp3) is 0.600. The molecule has 1 aliphatic rings. The molecule has 1 aliphatic carbocycles. The van der Waals surface area contributed by atoms with Gasteiger partial charge in [0, 0.05) is 12.0 Å². The van der Waals surface area contributed by atoms with Crippen LogP contribution in [0.4, 0.5) is 0 Å². The lowest BCUT2D eigenvalue weighted by Crippen LogP contribution is -2.42. The lowest BCUT2D eigenvalue weighted by atomic mass is 9.98. The first-order valence-corrected chi connectivity index (χ1v) is 10.9. The lowest BCUT2D eigenvalue weighted by Gasteiger charge is -2.37. The van der Waals surface area contributed by atoms with Crippen LogP contribution in [0.2, 0.25) is 0 Å². The van der Waals surface area contributed by atoms with E-state index in [9.17, 15) is 8.42 Å². The zero-order chi connectivity index (χ0) is 19.6. The molecule has 1 fully saturated rings. The molecule has 0 spiro atoms. The summed E-state index contributed by atoms with van der Waals surface area (Å²) in [4.78, 5) is 0. The van der Waals surface area contributed by atoms with E-state index in [0.717, 1.165) is 43.1 Å². The van der Waals surface area contributed by atoms with Gasteiger partial charge in [-0.1, -0.05) is 63.1 Å². The molecule has 1 unspecified atom stereocenters. The SMILES string of the molecule is C=CC[N+](C)(C)C(CC)c1ccccc1.NS(=O)(=O)OC1CCCCC1. The van der Waals surface area contributed by atoms with Gasteiger partial charge in [0.2, 0.25) is 0 Å². The van der Waals surface area contributed by atoms with E-state index in [1.165, 1.54) is 12.0 Å². The largest absolute Gasteiger partial charge is 0.333 e. The van der Waals surface area contributed by atoms with Crippen LogP contribution in [0.1, 0.15) is 57.1 Å².